The van der Waals surface area contributed by atoms with E-state index >= 15 is 0 Å². The summed E-state index contributed by atoms with van der Waals surface area (Å²) in [6.45, 7) is 0. The fraction of sp³-hybridized carbons (Fsp3) is 0.0833. The molecule has 5 heteroatoms. The van der Waals surface area contributed by atoms with Crippen LogP contribution >= 0.6 is 15.9 Å². The van der Waals surface area contributed by atoms with Gasteiger partial charge in [-0.3, -0.25) is 0 Å². The van der Waals surface area contributed by atoms with Crippen molar-refractivity contribution in [2.45, 2.75) is 0 Å². The summed E-state index contributed by atoms with van der Waals surface area (Å²) in [6.07, 6.45) is 1.50. The van der Waals surface area contributed by atoms with E-state index in [-0.39, 0.29) is 5.56 Å². The number of aromatic carboxylic acids is 1. The Morgan fingerprint density at radius 1 is 1.41 bits per heavy atom. The lowest BCUT2D eigenvalue weighted by Crippen LogP contribution is -2.00. The SMILES string of the molecule is COc1ccc(-c2occc2Br)c(C(=O)O)c1. The first-order valence-electron chi connectivity index (χ1n) is 4.78. The number of carboxylic acid groups (broad SMARTS) is 1. The van der Waals surface area contributed by atoms with Crippen molar-refractivity contribution in [1.29, 1.82) is 0 Å². The molecule has 17 heavy (non-hydrogen) atoms. The van der Waals surface area contributed by atoms with Crippen LogP contribution in [-0.2, 0) is 0 Å². The predicted molar refractivity (Wildman–Crippen MR) is 65.4 cm³/mol. The van der Waals surface area contributed by atoms with Gasteiger partial charge in [0.1, 0.15) is 11.5 Å². The highest BCUT2D eigenvalue weighted by Gasteiger charge is 2.17. The quantitative estimate of drug-likeness (QED) is 0.943. The summed E-state index contributed by atoms with van der Waals surface area (Å²) in [6, 6.07) is 6.53. The fourth-order valence-corrected chi connectivity index (χ4v) is 1.93. The van der Waals surface area contributed by atoms with Crippen LogP contribution in [0.5, 0.6) is 5.75 Å². The van der Waals surface area contributed by atoms with E-state index in [1.165, 1.54) is 19.4 Å². The number of hydrogen-bond acceptors (Lipinski definition) is 3. The van der Waals surface area contributed by atoms with Gasteiger partial charge in [0.05, 0.1) is 23.4 Å². The van der Waals surface area contributed by atoms with Gasteiger partial charge < -0.3 is 14.3 Å². The van der Waals surface area contributed by atoms with Gasteiger partial charge in [-0.1, -0.05) is 0 Å². The first kappa shape index (κ1) is 11.7. The molecule has 0 spiro atoms. The highest BCUT2D eigenvalue weighted by molar-refractivity contribution is 9.10. The lowest BCUT2D eigenvalue weighted by atomic mass is 10.1. The second kappa shape index (κ2) is 4.63. The monoisotopic (exact) mass is 296 g/mol. The van der Waals surface area contributed by atoms with E-state index in [9.17, 15) is 4.79 Å². The maximum absolute atomic E-state index is 11.2. The summed E-state index contributed by atoms with van der Waals surface area (Å²) < 4.78 is 11.0. The highest BCUT2D eigenvalue weighted by Crippen LogP contribution is 2.33. The number of methoxy groups -OCH3 is 1. The largest absolute Gasteiger partial charge is 0.497 e. The molecule has 0 atom stereocenters. The molecule has 0 fully saturated rings. The van der Waals surface area contributed by atoms with Crippen molar-refractivity contribution in [3.8, 4) is 17.1 Å². The zero-order valence-electron chi connectivity index (χ0n) is 8.94. The minimum absolute atomic E-state index is 0.139. The molecule has 2 aromatic rings. The van der Waals surface area contributed by atoms with Gasteiger partial charge in [-0.15, -0.1) is 0 Å². The molecule has 1 N–H and O–H groups in total. The zero-order chi connectivity index (χ0) is 12.4. The predicted octanol–water partition coefficient (Wildman–Crippen LogP) is 3.42. The number of carbonyl (C=O) groups is 1. The number of hydrogen-bond donors (Lipinski definition) is 1. The average Bonchev–Trinajstić information content (AvgIpc) is 2.74. The van der Waals surface area contributed by atoms with Crippen LogP contribution in [0.2, 0.25) is 0 Å². The van der Waals surface area contributed by atoms with Gasteiger partial charge in [0.15, 0.2) is 0 Å². The van der Waals surface area contributed by atoms with Gasteiger partial charge in [0, 0.05) is 5.56 Å². The maximum Gasteiger partial charge on any atom is 0.336 e. The van der Waals surface area contributed by atoms with Crippen molar-refractivity contribution < 1.29 is 19.1 Å². The number of ether oxygens (including phenoxy) is 1. The molecule has 1 aromatic carbocycles. The molecule has 1 heterocycles. The number of rotatable bonds is 3. The van der Waals surface area contributed by atoms with Crippen LogP contribution in [0.25, 0.3) is 11.3 Å². The third-order valence-corrected chi connectivity index (χ3v) is 2.94. The minimum atomic E-state index is -1.03. The Bertz CT molecular complexity index is 559. The molecule has 0 saturated carbocycles. The van der Waals surface area contributed by atoms with Gasteiger partial charge in [-0.2, -0.15) is 0 Å². The summed E-state index contributed by atoms with van der Waals surface area (Å²) in [5.74, 6) is -0.0407. The number of benzene rings is 1. The molecule has 0 unspecified atom stereocenters. The van der Waals surface area contributed by atoms with Gasteiger partial charge in [0.2, 0.25) is 0 Å². The van der Waals surface area contributed by atoms with Gasteiger partial charge in [-0.25, -0.2) is 4.79 Å². The Kier molecular flexibility index (Phi) is 3.19. The van der Waals surface area contributed by atoms with Crippen molar-refractivity contribution in [2.75, 3.05) is 7.11 Å². The lowest BCUT2D eigenvalue weighted by Gasteiger charge is -2.06. The summed E-state index contributed by atoms with van der Waals surface area (Å²) in [7, 11) is 1.49. The Balaban J connectivity index is 2.62. The normalized spacial score (nSPS) is 10.2. The van der Waals surface area contributed by atoms with Gasteiger partial charge in [-0.05, 0) is 40.2 Å². The molecule has 4 nitrogen and oxygen atoms in total. The molecule has 1 aromatic heterocycles. The average molecular weight is 297 g/mol. The van der Waals surface area contributed by atoms with Crippen LogP contribution in [-0.4, -0.2) is 18.2 Å². The molecule has 0 radical (unpaired) electrons. The van der Waals surface area contributed by atoms with E-state index in [2.05, 4.69) is 15.9 Å². The van der Waals surface area contributed by atoms with Crippen molar-refractivity contribution in [1.82, 2.24) is 0 Å². The number of halogens is 1. The molecule has 88 valence electrons. The van der Waals surface area contributed by atoms with Crippen LogP contribution in [0.1, 0.15) is 10.4 Å². The molecular weight excluding hydrogens is 288 g/mol. The maximum atomic E-state index is 11.2. The smallest absolute Gasteiger partial charge is 0.336 e. The molecular formula is C12H9BrO4. The second-order valence-corrected chi connectivity index (χ2v) is 4.17. The van der Waals surface area contributed by atoms with E-state index in [1.807, 2.05) is 0 Å². The van der Waals surface area contributed by atoms with Crippen LogP contribution in [0.3, 0.4) is 0 Å². The van der Waals surface area contributed by atoms with Crippen molar-refractivity contribution in [2.24, 2.45) is 0 Å². The van der Waals surface area contributed by atoms with E-state index in [1.54, 1.807) is 18.2 Å². The van der Waals surface area contributed by atoms with Gasteiger partial charge >= 0.3 is 5.97 Å². The molecule has 0 bridgehead atoms. The first-order chi connectivity index (χ1) is 8.13. The molecule has 0 saturated heterocycles. The minimum Gasteiger partial charge on any atom is -0.497 e. The van der Waals surface area contributed by atoms with E-state index < -0.39 is 5.97 Å². The third-order valence-electron chi connectivity index (χ3n) is 2.32. The van der Waals surface area contributed by atoms with Crippen molar-refractivity contribution in [3.63, 3.8) is 0 Å². The van der Waals surface area contributed by atoms with E-state index in [0.717, 1.165) is 0 Å². The first-order valence-corrected chi connectivity index (χ1v) is 5.57. The highest BCUT2D eigenvalue weighted by atomic mass is 79.9. The molecule has 2 rings (SSSR count). The second-order valence-electron chi connectivity index (χ2n) is 3.31. The summed E-state index contributed by atoms with van der Waals surface area (Å²) in [5.41, 5.74) is 0.648. The van der Waals surface area contributed by atoms with E-state index in [4.69, 9.17) is 14.3 Å². The molecule has 0 aliphatic rings. The molecule has 0 aliphatic carbocycles. The summed E-state index contributed by atoms with van der Waals surface area (Å²) in [4.78, 5) is 11.2. The van der Waals surface area contributed by atoms with Crippen LogP contribution in [0.15, 0.2) is 39.4 Å². The van der Waals surface area contributed by atoms with Crippen LogP contribution < -0.4 is 4.74 Å². The zero-order valence-corrected chi connectivity index (χ0v) is 10.5. The lowest BCUT2D eigenvalue weighted by molar-refractivity contribution is 0.0697. The van der Waals surface area contributed by atoms with Crippen molar-refractivity contribution in [3.05, 3.63) is 40.6 Å². The van der Waals surface area contributed by atoms with Crippen molar-refractivity contribution >= 4 is 21.9 Å². The number of carboxylic acids is 1. The Labute approximate surface area is 106 Å². The summed E-state index contributed by atoms with van der Waals surface area (Å²) >= 11 is 3.30. The number of furan rings is 1. The van der Waals surface area contributed by atoms with Crippen LogP contribution in [0.4, 0.5) is 0 Å². The Hall–Kier alpha value is -1.75. The standard InChI is InChI=1S/C12H9BrO4/c1-16-7-2-3-8(9(6-7)12(14)15)11-10(13)4-5-17-11/h2-6H,1H3,(H,14,15). The third kappa shape index (κ3) is 2.19. The molecule has 0 aliphatic heterocycles. The van der Waals surface area contributed by atoms with Gasteiger partial charge in [0.25, 0.3) is 0 Å². The Morgan fingerprint density at radius 2 is 2.18 bits per heavy atom. The fourth-order valence-electron chi connectivity index (χ4n) is 1.51. The van der Waals surface area contributed by atoms with E-state index in [0.29, 0.717) is 21.5 Å². The topological polar surface area (TPSA) is 59.7 Å². The Morgan fingerprint density at radius 3 is 2.71 bits per heavy atom. The summed E-state index contributed by atoms with van der Waals surface area (Å²) in [5, 5.41) is 9.16. The van der Waals surface area contributed by atoms with Crippen LogP contribution in [0, 0.1) is 0 Å². The molecule has 0 amide bonds.